The third-order valence-electron chi connectivity index (χ3n) is 3.50. The van der Waals surface area contributed by atoms with Crippen LogP contribution in [0.3, 0.4) is 0 Å². The molecule has 0 radical (unpaired) electrons. The van der Waals surface area contributed by atoms with Crippen LogP contribution in [0.15, 0.2) is 48.9 Å². The van der Waals surface area contributed by atoms with Gasteiger partial charge in [-0.15, -0.1) is 0 Å². The van der Waals surface area contributed by atoms with Crippen LogP contribution >= 0.6 is 0 Å². The summed E-state index contributed by atoms with van der Waals surface area (Å²) in [6, 6.07) is 10.8. The van der Waals surface area contributed by atoms with Crippen molar-refractivity contribution in [1.29, 1.82) is 0 Å². The molecule has 0 saturated heterocycles. The van der Waals surface area contributed by atoms with Crippen molar-refractivity contribution in [2.45, 2.75) is 33.0 Å². The fourth-order valence-electron chi connectivity index (χ4n) is 2.47. The molecule has 3 aromatic rings. The van der Waals surface area contributed by atoms with Crippen LogP contribution in [0.5, 0.6) is 0 Å². The maximum Gasteiger partial charge on any atom is 0.147 e. The molecular weight excluding hydrogens is 260 g/mol. The number of aromatic nitrogens is 3. The minimum absolute atomic E-state index is 0.476. The summed E-state index contributed by atoms with van der Waals surface area (Å²) >= 11 is 0. The Bertz CT molecular complexity index is 716. The van der Waals surface area contributed by atoms with Gasteiger partial charge in [0.1, 0.15) is 5.82 Å². The summed E-state index contributed by atoms with van der Waals surface area (Å²) in [7, 11) is 0. The molecule has 3 rings (SSSR count). The first-order valence-electron chi connectivity index (χ1n) is 7.30. The number of rotatable bonds is 5. The second-order valence-corrected chi connectivity index (χ2v) is 5.50. The molecular formula is C17H20N4. The highest BCUT2D eigenvalue weighted by atomic mass is 15.0. The van der Waals surface area contributed by atoms with Crippen LogP contribution in [-0.2, 0) is 13.1 Å². The molecule has 108 valence electrons. The number of hydrogen-bond donors (Lipinski definition) is 1. The van der Waals surface area contributed by atoms with Crippen molar-refractivity contribution in [2.75, 3.05) is 0 Å². The summed E-state index contributed by atoms with van der Waals surface area (Å²) in [5.41, 5.74) is 2.54. The lowest BCUT2D eigenvalue weighted by molar-refractivity contribution is 0.589. The van der Waals surface area contributed by atoms with Crippen molar-refractivity contribution in [1.82, 2.24) is 19.9 Å². The van der Waals surface area contributed by atoms with E-state index in [-0.39, 0.29) is 0 Å². The molecule has 4 nitrogen and oxygen atoms in total. The molecule has 2 aromatic heterocycles. The predicted octanol–water partition coefficient (Wildman–Crippen LogP) is 2.98. The smallest absolute Gasteiger partial charge is 0.147 e. The van der Waals surface area contributed by atoms with E-state index in [0.717, 1.165) is 12.4 Å². The number of para-hydroxylation sites is 1. The van der Waals surface area contributed by atoms with Crippen LogP contribution in [-0.4, -0.2) is 20.6 Å². The second-order valence-electron chi connectivity index (χ2n) is 5.50. The molecule has 1 N–H and O–H groups in total. The van der Waals surface area contributed by atoms with Crippen molar-refractivity contribution in [3.8, 4) is 0 Å². The van der Waals surface area contributed by atoms with E-state index in [9.17, 15) is 0 Å². The van der Waals surface area contributed by atoms with Crippen LogP contribution in [0, 0.1) is 0 Å². The standard InChI is InChI=1S/C17H20N4/c1-13(2)20-10-14-11-21(12-17-18-8-5-9-19-17)16-7-4-3-6-15(14)16/h3-9,11,13,20H,10,12H2,1-2H3. The monoisotopic (exact) mass is 280 g/mol. The summed E-state index contributed by atoms with van der Waals surface area (Å²) in [5, 5.41) is 4.78. The molecule has 0 fully saturated rings. The van der Waals surface area contributed by atoms with Crippen LogP contribution < -0.4 is 5.32 Å². The van der Waals surface area contributed by atoms with Crippen molar-refractivity contribution >= 4 is 10.9 Å². The number of fused-ring (bicyclic) bond motifs is 1. The summed E-state index contributed by atoms with van der Waals surface area (Å²) in [4.78, 5) is 8.63. The highest BCUT2D eigenvalue weighted by molar-refractivity contribution is 5.84. The molecule has 4 heteroatoms. The maximum absolute atomic E-state index is 4.32. The Labute approximate surface area is 124 Å². The molecule has 0 aliphatic heterocycles. The molecule has 0 bridgehead atoms. The van der Waals surface area contributed by atoms with Crippen LogP contribution in [0.2, 0.25) is 0 Å². The van der Waals surface area contributed by atoms with Crippen LogP contribution in [0.25, 0.3) is 10.9 Å². The molecule has 0 aliphatic rings. The van der Waals surface area contributed by atoms with E-state index in [1.807, 2.05) is 6.07 Å². The minimum Gasteiger partial charge on any atom is -0.339 e. The number of hydrogen-bond acceptors (Lipinski definition) is 3. The van der Waals surface area contributed by atoms with E-state index in [1.165, 1.54) is 16.5 Å². The topological polar surface area (TPSA) is 42.7 Å². The highest BCUT2D eigenvalue weighted by Crippen LogP contribution is 2.22. The van der Waals surface area contributed by atoms with Gasteiger partial charge in [0.15, 0.2) is 0 Å². The van der Waals surface area contributed by atoms with Crippen molar-refractivity contribution in [2.24, 2.45) is 0 Å². The molecule has 21 heavy (non-hydrogen) atoms. The SMILES string of the molecule is CC(C)NCc1cn(Cc2ncccn2)c2ccccc12. The highest BCUT2D eigenvalue weighted by Gasteiger charge is 2.09. The normalized spacial score (nSPS) is 11.4. The zero-order valence-electron chi connectivity index (χ0n) is 12.5. The molecule has 0 aliphatic carbocycles. The fraction of sp³-hybridized carbons (Fsp3) is 0.294. The molecule has 2 heterocycles. The predicted molar refractivity (Wildman–Crippen MR) is 85.0 cm³/mol. The van der Waals surface area contributed by atoms with Gasteiger partial charge in [-0.3, -0.25) is 0 Å². The summed E-state index contributed by atoms with van der Waals surface area (Å²) in [5.74, 6) is 0.835. The first kappa shape index (κ1) is 13.8. The Morgan fingerprint density at radius 2 is 1.86 bits per heavy atom. The van der Waals surface area contributed by atoms with Gasteiger partial charge in [-0.2, -0.15) is 0 Å². The maximum atomic E-state index is 4.32. The first-order valence-corrected chi connectivity index (χ1v) is 7.30. The lowest BCUT2D eigenvalue weighted by atomic mass is 10.2. The van der Waals surface area contributed by atoms with E-state index in [2.05, 4.69) is 64.2 Å². The van der Waals surface area contributed by atoms with Gasteiger partial charge in [0.05, 0.1) is 6.54 Å². The van der Waals surface area contributed by atoms with Gasteiger partial charge in [-0.05, 0) is 17.7 Å². The Balaban J connectivity index is 1.95. The molecule has 1 aromatic carbocycles. The fourth-order valence-corrected chi connectivity index (χ4v) is 2.47. The third kappa shape index (κ3) is 3.11. The van der Waals surface area contributed by atoms with Crippen molar-refractivity contribution < 1.29 is 0 Å². The van der Waals surface area contributed by atoms with Gasteiger partial charge in [0.2, 0.25) is 0 Å². The van der Waals surface area contributed by atoms with E-state index in [0.29, 0.717) is 12.6 Å². The molecule has 0 saturated carbocycles. The van der Waals surface area contributed by atoms with E-state index < -0.39 is 0 Å². The Morgan fingerprint density at radius 3 is 2.62 bits per heavy atom. The van der Waals surface area contributed by atoms with Crippen LogP contribution in [0.1, 0.15) is 25.2 Å². The molecule has 0 atom stereocenters. The number of nitrogens with one attached hydrogen (secondary N) is 1. The Morgan fingerprint density at radius 1 is 1.10 bits per heavy atom. The van der Waals surface area contributed by atoms with E-state index in [1.54, 1.807) is 12.4 Å². The average molecular weight is 280 g/mol. The molecule has 0 unspecified atom stereocenters. The lowest BCUT2D eigenvalue weighted by Crippen LogP contribution is -2.21. The zero-order valence-corrected chi connectivity index (χ0v) is 12.5. The lowest BCUT2D eigenvalue weighted by Gasteiger charge is -2.06. The van der Waals surface area contributed by atoms with Gasteiger partial charge in [-0.25, -0.2) is 9.97 Å². The summed E-state index contributed by atoms with van der Waals surface area (Å²) in [6.07, 6.45) is 5.78. The van der Waals surface area contributed by atoms with Gasteiger partial charge in [0, 0.05) is 42.1 Å². The van der Waals surface area contributed by atoms with Gasteiger partial charge in [-0.1, -0.05) is 32.0 Å². The number of benzene rings is 1. The van der Waals surface area contributed by atoms with Crippen LogP contribution in [0.4, 0.5) is 0 Å². The quantitative estimate of drug-likeness (QED) is 0.781. The molecule has 0 spiro atoms. The average Bonchev–Trinajstić information content (AvgIpc) is 2.85. The van der Waals surface area contributed by atoms with Crippen molar-refractivity contribution in [3.05, 3.63) is 60.3 Å². The van der Waals surface area contributed by atoms with E-state index >= 15 is 0 Å². The Hall–Kier alpha value is -2.20. The molecule has 0 amide bonds. The number of nitrogens with zero attached hydrogens (tertiary/aromatic N) is 3. The van der Waals surface area contributed by atoms with Crippen molar-refractivity contribution in [3.63, 3.8) is 0 Å². The Kier molecular flexibility index (Phi) is 3.97. The third-order valence-corrected chi connectivity index (χ3v) is 3.50. The minimum atomic E-state index is 0.476. The largest absolute Gasteiger partial charge is 0.339 e. The second kappa shape index (κ2) is 6.06. The summed E-state index contributed by atoms with van der Waals surface area (Å²) in [6.45, 7) is 5.90. The first-order chi connectivity index (χ1) is 10.2. The zero-order chi connectivity index (χ0) is 14.7. The van der Waals surface area contributed by atoms with E-state index in [4.69, 9.17) is 0 Å². The van der Waals surface area contributed by atoms with Gasteiger partial charge < -0.3 is 9.88 Å². The summed E-state index contributed by atoms with van der Waals surface area (Å²) < 4.78 is 2.22. The van der Waals surface area contributed by atoms with Gasteiger partial charge in [0.25, 0.3) is 0 Å². The van der Waals surface area contributed by atoms with Gasteiger partial charge >= 0.3 is 0 Å².